The third-order valence-electron chi connectivity index (χ3n) is 3.60. The predicted octanol–water partition coefficient (Wildman–Crippen LogP) is 3.69. The van der Waals surface area contributed by atoms with Crippen molar-refractivity contribution < 1.29 is 18.0 Å². The van der Waals surface area contributed by atoms with Gasteiger partial charge in [-0.25, -0.2) is 4.79 Å². The SMILES string of the molecule is CCCCc1nnc(NC(=O)N2CCC[C@@H](C(F)(F)F)C2)s1. The Morgan fingerprint density at radius 2 is 2.23 bits per heavy atom. The van der Waals surface area contributed by atoms with Crippen LogP contribution >= 0.6 is 11.3 Å². The standard InChI is InChI=1S/C13H19F3N4OS/c1-2-3-6-10-18-19-11(22-10)17-12(21)20-7-4-5-9(8-20)13(14,15)16/h9H,2-8H2,1H3,(H,17,19,21)/t9-/m1/s1. The van der Waals surface area contributed by atoms with Gasteiger partial charge in [0.15, 0.2) is 0 Å². The van der Waals surface area contributed by atoms with Crippen molar-refractivity contribution in [2.75, 3.05) is 18.4 Å². The minimum Gasteiger partial charge on any atom is -0.324 e. The van der Waals surface area contributed by atoms with Crippen LogP contribution in [-0.2, 0) is 6.42 Å². The normalized spacial score (nSPS) is 19.3. The molecular weight excluding hydrogens is 317 g/mol. The quantitative estimate of drug-likeness (QED) is 0.912. The maximum atomic E-state index is 12.7. The number of anilines is 1. The van der Waals surface area contributed by atoms with E-state index in [0.29, 0.717) is 18.1 Å². The zero-order chi connectivity index (χ0) is 16.2. The van der Waals surface area contributed by atoms with Crippen molar-refractivity contribution >= 4 is 22.5 Å². The van der Waals surface area contributed by atoms with Gasteiger partial charge in [0.05, 0.1) is 5.92 Å². The minimum atomic E-state index is -4.25. The second kappa shape index (κ2) is 7.26. The van der Waals surface area contributed by atoms with Gasteiger partial charge in [0.2, 0.25) is 5.13 Å². The maximum Gasteiger partial charge on any atom is 0.393 e. The lowest BCUT2D eigenvalue weighted by atomic mass is 9.98. The topological polar surface area (TPSA) is 58.1 Å². The van der Waals surface area contributed by atoms with Crippen molar-refractivity contribution in [3.8, 4) is 0 Å². The van der Waals surface area contributed by atoms with E-state index in [-0.39, 0.29) is 13.0 Å². The predicted molar refractivity (Wildman–Crippen MR) is 77.9 cm³/mol. The molecule has 0 aliphatic carbocycles. The molecule has 2 rings (SSSR count). The van der Waals surface area contributed by atoms with Crippen molar-refractivity contribution in [3.05, 3.63) is 5.01 Å². The zero-order valence-electron chi connectivity index (χ0n) is 12.3. The first-order valence-electron chi connectivity index (χ1n) is 7.35. The molecule has 1 aliphatic rings. The molecule has 1 N–H and O–H groups in total. The zero-order valence-corrected chi connectivity index (χ0v) is 13.1. The van der Waals surface area contributed by atoms with E-state index >= 15 is 0 Å². The Morgan fingerprint density at radius 3 is 2.91 bits per heavy atom. The molecule has 2 heterocycles. The van der Waals surface area contributed by atoms with Crippen molar-refractivity contribution in [3.63, 3.8) is 0 Å². The molecule has 1 aromatic heterocycles. The van der Waals surface area contributed by atoms with Gasteiger partial charge in [-0.2, -0.15) is 13.2 Å². The summed E-state index contributed by atoms with van der Waals surface area (Å²) < 4.78 is 38.2. The number of aromatic nitrogens is 2. The number of likely N-dealkylation sites (tertiary alicyclic amines) is 1. The molecular formula is C13H19F3N4OS. The molecule has 1 saturated heterocycles. The lowest BCUT2D eigenvalue weighted by Crippen LogP contribution is -2.46. The summed E-state index contributed by atoms with van der Waals surface area (Å²) in [7, 11) is 0. The number of halogens is 3. The molecule has 2 amide bonds. The van der Waals surface area contributed by atoms with Crippen LogP contribution in [0.3, 0.4) is 0 Å². The number of nitrogens with one attached hydrogen (secondary N) is 1. The Labute approximate surface area is 130 Å². The van der Waals surface area contributed by atoms with Crippen LogP contribution in [0.5, 0.6) is 0 Å². The molecule has 124 valence electrons. The summed E-state index contributed by atoms with van der Waals surface area (Å²) in [6.45, 7) is 2.11. The van der Waals surface area contributed by atoms with E-state index in [2.05, 4.69) is 22.4 Å². The molecule has 22 heavy (non-hydrogen) atoms. The summed E-state index contributed by atoms with van der Waals surface area (Å²) in [4.78, 5) is 13.3. The summed E-state index contributed by atoms with van der Waals surface area (Å²) >= 11 is 1.27. The highest BCUT2D eigenvalue weighted by molar-refractivity contribution is 7.15. The fourth-order valence-corrected chi connectivity index (χ4v) is 3.10. The molecule has 5 nitrogen and oxygen atoms in total. The van der Waals surface area contributed by atoms with E-state index < -0.39 is 18.1 Å². The first kappa shape index (κ1) is 17.0. The monoisotopic (exact) mass is 336 g/mol. The van der Waals surface area contributed by atoms with E-state index in [4.69, 9.17) is 0 Å². The van der Waals surface area contributed by atoms with Crippen molar-refractivity contribution in [1.82, 2.24) is 15.1 Å². The van der Waals surface area contributed by atoms with Crippen LogP contribution in [0.15, 0.2) is 0 Å². The molecule has 0 bridgehead atoms. The lowest BCUT2D eigenvalue weighted by molar-refractivity contribution is -0.183. The smallest absolute Gasteiger partial charge is 0.324 e. The fourth-order valence-electron chi connectivity index (χ4n) is 2.33. The summed E-state index contributed by atoms with van der Waals surface area (Å²) in [6, 6.07) is -0.535. The summed E-state index contributed by atoms with van der Waals surface area (Å²) in [6.07, 6.45) is -1.00. The Bertz CT molecular complexity index is 506. The van der Waals surface area contributed by atoms with Gasteiger partial charge in [-0.15, -0.1) is 10.2 Å². The van der Waals surface area contributed by atoms with Crippen molar-refractivity contribution in [1.29, 1.82) is 0 Å². The average molecular weight is 336 g/mol. The number of carbonyl (C=O) groups is 1. The van der Waals surface area contributed by atoms with E-state index in [9.17, 15) is 18.0 Å². The minimum absolute atomic E-state index is 0.0766. The van der Waals surface area contributed by atoms with E-state index in [0.717, 1.165) is 24.3 Å². The van der Waals surface area contributed by atoms with Gasteiger partial charge in [-0.3, -0.25) is 5.32 Å². The van der Waals surface area contributed by atoms with Gasteiger partial charge >= 0.3 is 12.2 Å². The lowest BCUT2D eigenvalue weighted by Gasteiger charge is -2.33. The molecule has 0 aromatic carbocycles. The Morgan fingerprint density at radius 1 is 1.45 bits per heavy atom. The van der Waals surface area contributed by atoms with Crippen molar-refractivity contribution in [2.24, 2.45) is 5.92 Å². The van der Waals surface area contributed by atoms with E-state index in [1.165, 1.54) is 16.2 Å². The molecule has 1 fully saturated rings. The number of unbranched alkanes of at least 4 members (excludes halogenated alkanes) is 1. The Balaban J connectivity index is 1.90. The van der Waals surface area contributed by atoms with Crippen molar-refractivity contribution in [2.45, 2.75) is 45.2 Å². The van der Waals surface area contributed by atoms with Gasteiger partial charge in [-0.05, 0) is 19.3 Å². The van der Waals surface area contributed by atoms with Gasteiger partial charge in [0.1, 0.15) is 5.01 Å². The summed E-state index contributed by atoms with van der Waals surface area (Å²) in [5, 5.41) is 11.5. The fraction of sp³-hybridized carbons (Fsp3) is 0.769. The van der Waals surface area contributed by atoms with Crippen LogP contribution in [0.4, 0.5) is 23.1 Å². The third-order valence-corrected chi connectivity index (χ3v) is 4.49. The summed E-state index contributed by atoms with van der Waals surface area (Å²) in [5.74, 6) is -1.44. The third kappa shape index (κ3) is 4.56. The van der Waals surface area contributed by atoms with Crippen LogP contribution in [-0.4, -0.2) is 40.4 Å². The largest absolute Gasteiger partial charge is 0.393 e. The maximum absolute atomic E-state index is 12.7. The van der Waals surface area contributed by atoms with Gasteiger partial charge in [0.25, 0.3) is 0 Å². The molecule has 0 spiro atoms. The molecule has 1 atom stereocenters. The van der Waals surface area contributed by atoms with Crippen LogP contribution in [0.1, 0.15) is 37.6 Å². The number of carbonyl (C=O) groups excluding carboxylic acids is 1. The average Bonchev–Trinajstić information content (AvgIpc) is 2.92. The number of aryl methyl sites for hydroxylation is 1. The van der Waals surface area contributed by atoms with Gasteiger partial charge in [-0.1, -0.05) is 24.7 Å². The highest BCUT2D eigenvalue weighted by Gasteiger charge is 2.42. The van der Waals surface area contributed by atoms with Crippen LogP contribution < -0.4 is 5.32 Å². The number of rotatable bonds is 4. The second-order valence-electron chi connectivity index (χ2n) is 5.36. The molecule has 0 saturated carbocycles. The molecule has 1 aromatic rings. The van der Waals surface area contributed by atoms with Crippen LogP contribution in [0.2, 0.25) is 0 Å². The number of amides is 2. The molecule has 1 aliphatic heterocycles. The molecule has 0 radical (unpaired) electrons. The number of hydrogen-bond donors (Lipinski definition) is 1. The Hall–Kier alpha value is -1.38. The highest BCUT2D eigenvalue weighted by atomic mass is 32.1. The van der Waals surface area contributed by atoms with Crippen LogP contribution in [0.25, 0.3) is 0 Å². The van der Waals surface area contributed by atoms with Gasteiger partial charge in [0, 0.05) is 19.5 Å². The number of piperidine rings is 1. The first-order valence-corrected chi connectivity index (χ1v) is 8.16. The Kier molecular flexibility index (Phi) is 5.60. The van der Waals surface area contributed by atoms with E-state index in [1.54, 1.807) is 0 Å². The number of alkyl halides is 3. The number of nitrogens with zero attached hydrogens (tertiary/aromatic N) is 3. The molecule has 0 unspecified atom stereocenters. The number of hydrogen-bond acceptors (Lipinski definition) is 4. The number of urea groups is 1. The second-order valence-corrected chi connectivity index (χ2v) is 6.42. The highest BCUT2D eigenvalue weighted by Crippen LogP contribution is 2.33. The summed E-state index contributed by atoms with van der Waals surface area (Å²) in [5.41, 5.74) is 0. The van der Waals surface area contributed by atoms with E-state index in [1.807, 2.05) is 0 Å². The van der Waals surface area contributed by atoms with Crippen LogP contribution in [0, 0.1) is 5.92 Å². The first-order chi connectivity index (χ1) is 10.4. The van der Waals surface area contributed by atoms with Gasteiger partial charge < -0.3 is 4.90 Å². The molecule has 9 heteroatoms.